The fourth-order valence-corrected chi connectivity index (χ4v) is 4.65. The topological polar surface area (TPSA) is 55.1 Å². The minimum atomic E-state index is -0.0442. The monoisotopic (exact) mass is 425 g/mol. The molecule has 4 aromatic rings. The fraction of sp³-hybridized carbons (Fsp3) is 0.231. The summed E-state index contributed by atoms with van der Waals surface area (Å²) in [6.45, 7) is 7.44. The van der Waals surface area contributed by atoms with Crippen molar-refractivity contribution in [3.63, 3.8) is 0 Å². The van der Waals surface area contributed by atoms with Crippen molar-refractivity contribution in [2.45, 2.75) is 39.9 Å². The number of aromatic nitrogens is 3. The maximum atomic E-state index is 12.8. The molecule has 1 aliphatic heterocycles. The molecule has 5 rings (SSSR count). The third-order valence-corrected chi connectivity index (χ3v) is 6.15. The summed E-state index contributed by atoms with van der Waals surface area (Å²) in [5, 5.41) is 2.10. The van der Waals surface area contributed by atoms with Crippen molar-refractivity contribution in [3.05, 3.63) is 100 Å². The number of hydrogen-bond donors (Lipinski definition) is 1. The Bertz CT molecular complexity index is 1370. The lowest BCUT2D eigenvalue weighted by molar-refractivity contribution is 0.670. The normalized spacial score (nSPS) is 15.8. The average Bonchev–Trinajstić information content (AvgIpc) is 3.37. The minimum Gasteiger partial charge on any atom is -0.303 e. The second-order valence-corrected chi connectivity index (χ2v) is 8.08. The molecule has 2 aromatic heterocycles. The van der Waals surface area contributed by atoms with Gasteiger partial charge in [-0.05, 0) is 56.2 Å². The summed E-state index contributed by atoms with van der Waals surface area (Å²) in [6.07, 6.45) is 3.86. The van der Waals surface area contributed by atoms with Crippen LogP contribution in [0, 0.1) is 6.92 Å². The van der Waals surface area contributed by atoms with Gasteiger partial charge in [-0.3, -0.25) is 14.1 Å². The summed E-state index contributed by atoms with van der Waals surface area (Å²) >= 11 is 0. The summed E-state index contributed by atoms with van der Waals surface area (Å²) < 4.78 is 3.69. The van der Waals surface area contributed by atoms with Gasteiger partial charge in [-0.25, -0.2) is 9.78 Å². The molecule has 0 bridgehead atoms. The molecule has 0 amide bonds. The second-order valence-electron chi connectivity index (χ2n) is 8.08. The number of aryl methyl sites for hydroxylation is 3. The number of nitrogens with zero attached hydrogens (tertiary/aromatic N) is 4. The molecule has 0 fully saturated rings. The van der Waals surface area contributed by atoms with E-state index in [1.807, 2.05) is 53.6 Å². The van der Waals surface area contributed by atoms with Crippen LogP contribution in [0.15, 0.2) is 77.9 Å². The summed E-state index contributed by atoms with van der Waals surface area (Å²) in [6, 6.07) is 20.8. The van der Waals surface area contributed by atoms with E-state index in [-0.39, 0.29) is 11.7 Å². The number of hydrazine groups is 1. The molecule has 0 spiro atoms. The van der Waals surface area contributed by atoms with Crippen molar-refractivity contribution in [3.8, 4) is 0 Å². The van der Waals surface area contributed by atoms with E-state index < -0.39 is 0 Å². The highest BCUT2D eigenvalue weighted by atomic mass is 16.1. The molecule has 0 aliphatic carbocycles. The van der Waals surface area contributed by atoms with Gasteiger partial charge >= 0.3 is 5.69 Å². The number of fused-ring (bicyclic) bond motifs is 1. The zero-order valence-electron chi connectivity index (χ0n) is 18.6. The van der Waals surface area contributed by atoms with Crippen molar-refractivity contribution >= 4 is 22.4 Å². The van der Waals surface area contributed by atoms with Gasteiger partial charge in [-0.15, -0.1) is 0 Å². The molecule has 6 nitrogen and oxygen atoms in total. The van der Waals surface area contributed by atoms with Gasteiger partial charge in [0.1, 0.15) is 11.9 Å². The number of pyridine rings is 1. The molecule has 1 atom stereocenters. The first-order valence-corrected chi connectivity index (χ1v) is 11.1. The molecule has 1 aliphatic rings. The Labute approximate surface area is 187 Å². The number of rotatable bonds is 5. The second kappa shape index (κ2) is 8.04. The van der Waals surface area contributed by atoms with Crippen molar-refractivity contribution in [2.24, 2.45) is 0 Å². The Morgan fingerprint density at radius 1 is 0.938 bits per heavy atom. The maximum Gasteiger partial charge on any atom is 0.329 e. The summed E-state index contributed by atoms with van der Waals surface area (Å²) in [5.41, 5.74) is 10.0. The van der Waals surface area contributed by atoms with E-state index in [0.717, 1.165) is 28.0 Å². The first kappa shape index (κ1) is 20.1. The lowest BCUT2D eigenvalue weighted by atomic mass is 9.93. The summed E-state index contributed by atoms with van der Waals surface area (Å²) in [4.78, 5) is 17.4. The first-order valence-electron chi connectivity index (χ1n) is 11.1. The van der Waals surface area contributed by atoms with E-state index >= 15 is 0 Å². The zero-order valence-corrected chi connectivity index (χ0v) is 18.6. The first-order chi connectivity index (χ1) is 15.6. The van der Waals surface area contributed by atoms with E-state index in [4.69, 9.17) is 0 Å². The zero-order chi connectivity index (χ0) is 22.2. The predicted octanol–water partition coefficient (Wildman–Crippen LogP) is 4.65. The maximum absolute atomic E-state index is 12.8. The van der Waals surface area contributed by atoms with Gasteiger partial charge < -0.3 is 5.43 Å². The summed E-state index contributed by atoms with van der Waals surface area (Å²) in [7, 11) is 0. The van der Waals surface area contributed by atoms with Crippen LogP contribution in [0.2, 0.25) is 0 Å². The molecule has 6 heteroatoms. The predicted molar refractivity (Wildman–Crippen MR) is 129 cm³/mol. The Hall–Kier alpha value is -3.80. The van der Waals surface area contributed by atoms with E-state index in [0.29, 0.717) is 13.1 Å². The van der Waals surface area contributed by atoms with Crippen molar-refractivity contribution in [1.82, 2.24) is 19.5 Å². The summed E-state index contributed by atoms with van der Waals surface area (Å²) in [5.74, 6) is 0.855. The highest BCUT2D eigenvalue weighted by molar-refractivity contribution is 5.85. The molecule has 0 saturated heterocycles. The Morgan fingerprint density at radius 3 is 2.47 bits per heavy atom. The minimum absolute atomic E-state index is 0.0442. The smallest absolute Gasteiger partial charge is 0.303 e. The van der Waals surface area contributed by atoms with Gasteiger partial charge in [0.05, 0.1) is 11.0 Å². The van der Waals surface area contributed by atoms with Gasteiger partial charge in [0.15, 0.2) is 0 Å². The van der Waals surface area contributed by atoms with Gasteiger partial charge in [0, 0.05) is 31.1 Å². The van der Waals surface area contributed by atoms with Crippen LogP contribution in [0.25, 0.3) is 16.6 Å². The van der Waals surface area contributed by atoms with E-state index in [2.05, 4.69) is 64.8 Å². The van der Waals surface area contributed by atoms with E-state index in [1.54, 1.807) is 0 Å². The van der Waals surface area contributed by atoms with E-state index in [9.17, 15) is 4.79 Å². The third-order valence-electron chi connectivity index (χ3n) is 6.15. The quantitative estimate of drug-likeness (QED) is 0.506. The highest BCUT2D eigenvalue weighted by Gasteiger charge is 2.31. The Kier molecular flexibility index (Phi) is 5.05. The van der Waals surface area contributed by atoms with Gasteiger partial charge in [-0.1, -0.05) is 42.0 Å². The van der Waals surface area contributed by atoms with Crippen molar-refractivity contribution < 1.29 is 0 Å². The van der Waals surface area contributed by atoms with Crippen molar-refractivity contribution in [2.75, 3.05) is 5.01 Å². The molecule has 1 unspecified atom stereocenters. The van der Waals surface area contributed by atoms with Crippen LogP contribution < -0.4 is 16.1 Å². The fourth-order valence-electron chi connectivity index (χ4n) is 4.65. The average molecular weight is 426 g/mol. The van der Waals surface area contributed by atoms with Gasteiger partial charge in [-0.2, -0.15) is 0 Å². The van der Waals surface area contributed by atoms with Crippen LogP contribution in [0.1, 0.15) is 36.6 Å². The number of anilines is 1. The number of benzene rings is 2. The molecule has 0 radical (unpaired) electrons. The standard InChI is InChI=1S/C26H27N5O/c1-4-29-22-13-12-19(16-23(22)30(5-2)26(29)32)21-17-28-31(24-11-6-7-14-27-24)25(21)20-10-8-9-18(3)15-20/h6-17,25,28H,4-5H2,1-3H3. The van der Waals surface area contributed by atoms with Crippen LogP contribution >= 0.6 is 0 Å². The molecule has 2 aromatic carbocycles. The highest BCUT2D eigenvalue weighted by Crippen LogP contribution is 2.40. The van der Waals surface area contributed by atoms with Crippen LogP contribution in [0.5, 0.6) is 0 Å². The molecule has 3 heterocycles. The molecule has 1 N–H and O–H groups in total. The Morgan fingerprint density at radius 2 is 1.75 bits per heavy atom. The third kappa shape index (κ3) is 3.19. The SMILES string of the molecule is CCn1c(=O)n(CC)c2cc(C3=CNN(c4ccccn4)C3c3cccc(C)c3)ccc21. The largest absolute Gasteiger partial charge is 0.329 e. The molecular weight excluding hydrogens is 398 g/mol. The number of hydrogen-bond acceptors (Lipinski definition) is 4. The van der Waals surface area contributed by atoms with Crippen LogP contribution in [-0.4, -0.2) is 14.1 Å². The lowest BCUT2D eigenvalue weighted by Crippen LogP contribution is -2.33. The lowest BCUT2D eigenvalue weighted by Gasteiger charge is -2.28. The van der Waals surface area contributed by atoms with Crippen LogP contribution in [0.4, 0.5) is 5.82 Å². The van der Waals surface area contributed by atoms with Crippen LogP contribution in [-0.2, 0) is 13.1 Å². The molecule has 162 valence electrons. The van der Waals surface area contributed by atoms with Gasteiger partial charge in [0.25, 0.3) is 0 Å². The Balaban J connectivity index is 1.66. The molecular formula is C26H27N5O. The van der Waals surface area contributed by atoms with Crippen LogP contribution in [0.3, 0.4) is 0 Å². The molecule has 32 heavy (non-hydrogen) atoms. The van der Waals surface area contributed by atoms with E-state index in [1.165, 1.54) is 11.1 Å². The van der Waals surface area contributed by atoms with Gasteiger partial charge in [0.2, 0.25) is 0 Å². The van der Waals surface area contributed by atoms with Crippen molar-refractivity contribution in [1.29, 1.82) is 0 Å². The number of nitrogens with one attached hydrogen (secondary N) is 1. The molecule has 0 saturated carbocycles. The number of imidazole rings is 1.